The van der Waals surface area contributed by atoms with E-state index in [0.29, 0.717) is 33.5 Å². The Morgan fingerprint density at radius 2 is 1.64 bits per heavy atom. The first-order chi connectivity index (χ1) is 13.4. The summed E-state index contributed by atoms with van der Waals surface area (Å²) in [7, 11) is 4.48. The number of rotatable bonds is 5. The zero-order valence-electron chi connectivity index (χ0n) is 15.8. The molecule has 1 saturated heterocycles. The van der Waals surface area contributed by atoms with Gasteiger partial charge in [-0.25, -0.2) is 5.01 Å². The molecule has 2 aromatic rings. The molecule has 3 rings (SSSR count). The monoisotopic (exact) mass is 402 g/mol. The van der Waals surface area contributed by atoms with E-state index in [1.807, 2.05) is 6.92 Å². The fourth-order valence-corrected chi connectivity index (χ4v) is 2.99. The van der Waals surface area contributed by atoms with Crippen LogP contribution < -0.4 is 24.6 Å². The number of carbonyl (C=O) groups excluding carboxylic acids is 2. The van der Waals surface area contributed by atoms with Crippen LogP contribution in [-0.2, 0) is 9.59 Å². The van der Waals surface area contributed by atoms with Gasteiger partial charge < -0.3 is 14.2 Å². The molecular formula is C20H19ClN2O5. The molecule has 8 heteroatoms. The van der Waals surface area contributed by atoms with Gasteiger partial charge in [0.2, 0.25) is 5.75 Å². The largest absolute Gasteiger partial charge is 0.493 e. The Labute approximate surface area is 167 Å². The van der Waals surface area contributed by atoms with Crippen molar-refractivity contribution in [3.05, 3.63) is 52.1 Å². The van der Waals surface area contributed by atoms with E-state index in [4.69, 9.17) is 25.8 Å². The minimum Gasteiger partial charge on any atom is -0.493 e. The number of hydrazine groups is 1. The Balaban J connectivity index is 1.99. The Hall–Kier alpha value is -3.19. The summed E-state index contributed by atoms with van der Waals surface area (Å²) in [4.78, 5) is 25.2. The highest BCUT2D eigenvalue weighted by molar-refractivity contribution is 6.33. The fraction of sp³-hybridized carbons (Fsp3) is 0.200. The maximum Gasteiger partial charge on any atom is 0.282 e. The van der Waals surface area contributed by atoms with Crippen LogP contribution in [-0.4, -0.2) is 33.1 Å². The SMILES string of the molecule is COc1cc(/C=C2\C(=O)NN(c3ccc(C)c(Cl)c3)C2=O)cc(OC)c1OC. The smallest absolute Gasteiger partial charge is 0.282 e. The van der Waals surface area contributed by atoms with Gasteiger partial charge in [0.1, 0.15) is 5.57 Å². The van der Waals surface area contributed by atoms with E-state index in [1.165, 1.54) is 27.4 Å². The lowest BCUT2D eigenvalue weighted by atomic mass is 10.1. The molecule has 0 unspecified atom stereocenters. The van der Waals surface area contributed by atoms with Crippen LogP contribution in [0.25, 0.3) is 6.08 Å². The van der Waals surface area contributed by atoms with Gasteiger partial charge in [0.25, 0.3) is 11.8 Å². The summed E-state index contributed by atoms with van der Waals surface area (Å²) in [6.45, 7) is 1.85. The quantitative estimate of drug-likeness (QED) is 0.614. The number of nitrogens with zero attached hydrogens (tertiary/aromatic N) is 1. The lowest BCUT2D eigenvalue weighted by molar-refractivity contribution is -0.117. The van der Waals surface area contributed by atoms with Crippen molar-refractivity contribution < 1.29 is 23.8 Å². The number of methoxy groups -OCH3 is 3. The first-order valence-corrected chi connectivity index (χ1v) is 8.70. The third kappa shape index (κ3) is 3.48. The molecule has 1 N–H and O–H groups in total. The fourth-order valence-electron chi connectivity index (χ4n) is 2.81. The Bertz CT molecular complexity index is 962. The molecule has 1 fully saturated rings. The van der Waals surface area contributed by atoms with Crippen molar-refractivity contribution in [3.63, 3.8) is 0 Å². The van der Waals surface area contributed by atoms with Gasteiger partial charge in [0, 0.05) is 5.02 Å². The third-order valence-electron chi connectivity index (χ3n) is 4.30. The number of carbonyl (C=O) groups is 2. The molecule has 2 aromatic carbocycles. The summed E-state index contributed by atoms with van der Waals surface area (Å²) in [5.74, 6) is 0.253. The van der Waals surface area contributed by atoms with Crippen LogP contribution in [0.2, 0.25) is 5.02 Å². The van der Waals surface area contributed by atoms with E-state index in [0.717, 1.165) is 10.6 Å². The van der Waals surface area contributed by atoms with Crippen molar-refractivity contribution in [1.82, 2.24) is 5.43 Å². The van der Waals surface area contributed by atoms with E-state index in [2.05, 4.69) is 5.43 Å². The number of ether oxygens (including phenoxy) is 3. The average molecular weight is 403 g/mol. The second kappa shape index (κ2) is 7.82. The van der Waals surface area contributed by atoms with E-state index < -0.39 is 11.8 Å². The van der Waals surface area contributed by atoms with Crippen LogP contribution >= 0.6 is 11.6 Å². The summed E-state index contributed by atoms with van der Waals surface area (Å²) in [6.07, 6.45) is 1.47. The maximum absolute atomic E-state index is 12.8. The van der Waals surface area contributed by atoms with Gasteiger partial charge >= 0.3 is 0 Å². The molecule has 0 atom stereocenters. The summed E-state index contributed by atoms with van der Waals surface area (Å²) in [5.41, 5.74) is 4.42. The second-order valence-electron chi connectivity index (χ2n) is 6.03. The number of anilines is 1. The maximum atomic E-state index is 12.8. The number of aryl methyl sites for hydroxylation is 1. The number of amides is 2. The summed E-state index contributed by atoms with van der Waals surface area (Å²) >= 11 is 6.13. The Morgan fingerprint density at radius 1 is 1.00 bits per heavy atom. The zero-order valence-corrected chi connectivity index (χ0v) is 16.6. The molecule has 1 heterocycles. The van der Waals surface area contributed by atoms with E-state index >= 15 is 0 Å². The molecule has 0 aromatic heterocycles. The Morgan fingerprint density at radius 3 is 2.18 bits per heavy atom. The summed E-state index contributed by atoms with van der Waals surface area (Å²) in [6, 6.07) is 8.41. The molecule has 7 nitrogen and oxygen atoms in total. The van der Waals surface area contributed by atoms with Gasteiger partial charge in [-0.1, -0.05) is 17.7 Å². The first-order valence-electron chi connectivity index (χ1n) is 8.33. The summed E-state index contributed by atoms with van der Waals surface area (Å²) < 4.78 is 15.9. The number of hydrogen-bond donors (Lipinski definition) is 1. The van der Waals surface area contributed by atoms with Crippen LogP contribution in [0, 0.1) is 6.92 Å². The highest BCUT2D eigenvalue weighted by atomic mass is 35.5. The van der Waals surface area contributed by atoms with Crippen molar-refractivity contribution in [2.24, 2.45) is 0 Å². The van der Waals surface area contributed by atoms with Gasteiger partial charge in [-0.2, -0.15) is 0 Å². The molecule has 28 heavy (non-hydrogen) atoms. The van der Waals surface area contributed by atoms with Gasteiger partial charge in [-0.05, 0) is 48.4 Å². The average Bonchev–Trinajstić information content (AvgIpc) is 2.97. The number of halogens is 1. The predicted molar refractivity (Wildman–Crippen MR) is 106 cm³/mol. The minimum atomic E-state index is -0.518. The van der Waals surface area contributed by atoms with E-state index in [1.54, 1.807) is 30.3 Å². The van der Waals surface area contributed by atoms with Crippen LogP contribution in [0.4, 0.5) is 5.69 Å². The van der Waals surface area contributed by atoms with Crippen molar-refractivity contribution in [3.8, 4) is 17.2 Å². The minimum absolute atomic E-state index is 0.0222. The molecule has 0 bridgehead atoms. The molecule has 146 valence electrons. The molecule has 0 spiro atoms. The van der Waals surface area contributed by atoms with Crippen LogP contribution in [0.1, 0.15) is 11.1 Å². The van der Waals surface area contributed by atoms with E-state index in [9.17, 15) is 9.59 Å². The van der Waals surface area contributed by atoms with Gasteiger partial charge in [0.15, 0.2) is 11.5 Å². The second-order valence-corrected chi connectivity index (χ2v) is 6.44. The first kappa shape index (κ1) is 19.6. The van der Waals surface area contributed by atoms with E-state index in [-0.39, 0.29) is 5.57 Å². The lowest BCUT2D eigenvalue weighted by Crippen LogP contribution is -2.35. The van der Waals surface area contributed by atoms with Crippen molar-refractivity contribution in [1.29, 1.82) is 0 Å². The van der Waals surface area contributed by atoms with Gasteiger partial charge in [-0.15, -0.1) is 0 Å². The number of hydrogen-bond acceptors (Lipinski definition) is 5. The lowest BCUT2D eigenvalue weighted by Gasteiger charge is -2.15. The standard InChI is InChI=1S/C20H19ClN2O5/c1-11-5-6-13(10-15(11)21)23-20(25)14(19(24)22-23)7-12-8-16(26-2)18(28-4)17(9-12)27-3/h5-10H,1-4H3,(H,22,24)/b14-7+. The normalized spacial score (nSPS) is 15.0. The van der Waals surface area contributed by atoms with Crippen molar-refractivity contribution >= 4 is 35.2 Å². The van der Waals surface area contributed by atoms with Crippen molar-refractivity contribution in [2.75, 3.05) is 26.3 Å². The molecular weight excluding hydrogens is 384 g/mol. The predicted octanol–water partition coefficient (Wildman–Crippen LogP) is 3.14. The molecule has 1 aliphatic rings. The highest BCUT2D eigenvalue weighted by Gasteiger charge is 2.34. The van der Waals surface area contributed by atoms with Crippen LogP contribution in [0.5, 0.6) is 17.2 Å². The molecule has 0 radical (unpaired) electrons. The van der Waals surface area contributed by atoms with Crippen molar-refractivity contribution in [2.45, 2.75) is 6.92 Å². The summed E-state index contributed by atoms with van der Waals surface area (Å²) in [5, 5.41) is 1.67. The highest BCUT2D eigenvalue weighted by Crippen LogP contribution is 2.39. The number of benzene rings is 2. The van der Waals surface area contributed by atoms with Crippen LogP contribution in [0.3, 0.4) is 0 Å². The zero-order chi connectivity index (χ0) is 20.4. The topological polar surface area (TPSA) is 77.1 Å². The molecule has 0 aliphatic carbocycles. The number of nitrogens with one attached hydrogen (secondary N) is 1. The molecule has 2 amide bonds. The Kier molecular flexibility index (Phi) is 5.46. The third-order valence-corrected chi connectivity index (χ3v) is 4.71. The van der Waals surface area contributed by atoms with Gasteiger partial charge in [0.05, 0.1) is 27.0 Å². The van der Waals surface area contributed by atoms with Gasteiger partial charge in [-0.3, -0.25) is 15.0 Å². The van der Waals surface area contributed by atoms with Crippen LogP contribution in [0.15, 0.2) is 35.9 Å². The molecule has 0 saturated carbocycles. The molecule has 1 aliphatic heterocycles.